The first-order valence-electron chi connectivity index (χ1n) is 1.94. The van der Waals surface area contributed by atoms with Crippen LogP contribution < -0.4 is 0 Å². The van der Waals surface area contributed by atoms with Crippen LogP contribution in [0.1, 0.15) is 6.92 Å². The zero-order valence-electron chi connectivity index (χ0n) is 4.09. The fourth-order valence-electron chi connectivity index (χ4n) is 0.135. The Morgan fingerprint density at radius 1 is 2.00 bits per heavy atom. The number of aliphatic imine (C=N–C) groups is 1. The molecule has 0 aromatic carbocycles. The minimum absolute atomic E-state index is 0.977. The van der Waals surface area contributed by atoms with Gasteiger partial charge in [0.05, 0.1) is 5.55 Å². The zero-order valence-corrected chi connectivity index (χ0v) is 4.90. The Hall–Kier alpha value is -0.490. The largest absolute Gasteiger partial charge is 0.206 e. The maximum atomic E-state index is 7.83. The van der Waals surface area contributed by atoms with Crippen molar-refractivity contribution in [1.29, 1.82) is 5.26 Å². The van der Waals surface area contributed by atoms with Gasteiger partial charge < -0.3 is 0 Å². The first-order valence-corrected chi connectivity index (χ1v) is 2.99. The lowest BCUT2D eigenvalue weighted by Gasteiger charge is -1.74. The molecule has 0 atom stereocenters. The van der Waals surface area contributed by atoms with Crippen molar-refractivity contribution >= 4 is 17.3 Å². The van der Waals surface area contributed by atoms with Gasteiger partial charge >= 0.3 is 0 Å². The molecule has 3 heteroatoms. The summed E-state index contributed by atoms with van der Waals surface area (Å²) in [7, 11) is 0. The number of hydrogen-bond donors (Lipinski definition) is 0. The van der Waals surface area contributed by atoms with Crippen molar-refractivity contribution in [2.45, 2.75) is 6.92 Å². The van der Waals surface area contributed by atoms with Gasteiger partial charge in [0.15, 0.2) is 0 Å². The van der Waals surface area contributed by atoms with Crippen LogP contribution in [0.5, 0.6) is 0 Å². The van der Waals surface area contributed by atoms with Gasteiger partial charge in [-0.25, -0.2) is 0 Å². The van der Waals surface area contributed by atoms with Gasteiger partial charge in [0.1, 0.15) is 0 Å². The molecule has 7 heavy (non-hydrogen) atoms. The van der Waals surface area contributed by atoms with Gasteiger partial charge in [-0.05, 0) is 5.75 Å². The van der Waals surface area contributed by atoms with Crippen molar-refractivity contribution in [3.05, 3.63) is 0 Å². The quantitative estimate of drug-likeness (QED) is 0.308. The van der Waals surface area contributed by atoms with E-state index in [1.807, 2.05) is 6.92 Å². The smallest absolute Gasteiger partial charge is 0.175 e. The Bertz CT molecular complexity index is 92.4. The van der Waals surface area contributed by atoms with Crippen molar-refractivity contribution in [1.82, 2.24) is 0 Å². The predicted octanol–water partition coefficient (Wildman–Crippen LogP) is 1.25. The lowest BCUT2D eigenvalue weighted by atomic mass is 11.0. The standard InChI is InChI=1S/C4H6N2S/c1-2-7-4-6-3-5/h4H,2H2,1H3. The molecule has 0 spiro atoms. The second-order valence-corrected chi connectivity index (χ2v) is 1.91. The van der Waals surface area contributed by atoms with Gasteiger partial charge in [0.2, 0.25) is 6.19 Å². The molecule has 0 aromatic rings. The van der Waals surface area contributed by atoms with Crippen LogP contribution in [0.25, 0.3) is 0 Å². The van der Waals surface area contributed by atoms with Crippen molar-refractivity contribution in [3.63, 3.8) is 0 Å². The Morgan fingerprint density at radius 2 is 2.71 bits per heavy atom. The van der Waals surface area contributed by atoms with Gasteiger partial charge in [-0.15, -0.1) is 11.8 Å². The number of hydrogen-bond acceptors (Lipinski definition) is 3. The van der Waals surface area contributed by atoms with E-state index in [0.29, 0.717) is 0 Å². The van der Waals surface area contributed by atoms with Crippen LogP contribution in [-0.4, -0.2) is 11.3 Å². The summed E-state index contributed by atoms with van der Waals surface area (Å²) in [6, 6.07) is 0. The van der Waals surface area contributed by atoms with Crippen LogP contribution >= 0.6 is 11.8 Å². The van der Waals surface area contributed by atoms with Crippen molar-refractivity contribution in [3.8, 4) is 6.19 Å². The molecule has 38 valence electrons. The van der Waals surface area contributed by atoms with Crippen LogP contribution in [0, 0.1) is 11.5 Å². The molecule has 0 unspecified atom stereocenters. The molecule has 0 aliphatic rings. The second kappa shape index (κ2) is 5.51. The molecule has 0 bridgehead atoms. The van der Waals surface area contributed by atoms with Gasteiger partial charge in [-0.3, -0.25) is 0 Å². The van der Waals surface area contributed by atoms with E-state index in [1.165, 1.54) is 11.8 Å². The third-order valence-corrected chi connectivity index (χ3v) is 0.939. The molecule has 0 saturated heterocycles. The molecule has 0 fully saturated rings. The number of rotatable bonds is 2. The van der Waals surface area contributed by atoms with E-state index in [0.717, 1.165) is 5.75 Å². The van der Waals surface area contributed by atoms with Crippen molar-refractivity contribution < 1.29 is 0 Å². The van der Waals surface area contributed by atoms with Crippen LogP contribution in [0.15, 0.2) is 4.99 Å². The molecular formula is C4H6N2S. The normalized spacial score (nSPS) is 9.14. The highest BCUT2D eigenvalue weighted by atomic mass is 32.2. The molecule has 0 aliphatic heterocycles. The minimum atomic E-state index is 0.977. The van der Waals surface area contributed by atoms with E-state index in [9.17, 15) is 0 Å². The summed E-state index contributed by atoms with van der Waals surface area (Å²) in [5.41, 5.74) is 1.54. The number of nitriles is 1. The summed E-state index contributed by atoms with van der Waals surface area (Å²) in [6.07, 6.45) is 1.65. The first-order chi connectivity index (χ1) is 3.41. The topological polar surface area (TPSA) is 36.1 Å². The van der Waals surface area contributed by atoms with Crippen molar-refractivity contribution in [2.24, 2.45) is 4.99 Å². The average Bonchev–Trinajstić information content (AvgIpc) is 1.69. The Kier molecular flexibility index (Phi) is 5.12. The molecule has 0 saturated carbocycles. The van der Waals surface area contributed by atoms with Crippen LogP contribution in [0.2, 0.25) is 0 Å². The summed E-state index contributed by atoms with van der Waals surface area (Å²) in [6.45, 7) is 2.01. The van der Waals surface area contributed by atoms with Gasteiger partial charge in [0.25, 0.3) is 0 Å². The van der Waals surface area contributed by atoms with E-state index in [2.05, 4.69) is 4.99 Å². The van der Waals surface area contributed by atoms with E-state index >= 15 is 0 Å². The second-order valence-electron chi connectivity index (χ2n) is 0.790. The molecular weight excluding hydrogens is 108 g/mol. The van der Waals surface area contributed by atoms with Gasteiger partial charge in [-0.2, -0.15) is 10.3 Å². The first kappa shape index (κ1) is 6.51. The molecule has 0 rings (SSSR count). The molecule has 0 radical (unpaired) electrons. The molecule has 2 nitrogen and oxygen atoms in total. The number of nitrogens with zero attached hydrogens (tertiary/aromatic N) is 2. The Labute approximate surface area is 47.2 Å². The van der Waals surface area contributed by atoms with Crippen LogP contribution in [-0.2, 0) is 0 Å². The fraction of sp³-hybridized carbons (Fsp3) is 0.500. The summed E-state index contributed by atoms with van der Waals surface area (Å²) < 4.78 is 0. The highest BCUT2D eigenvalue weighted by Crippen LogP contribution is 1.89. The van der Waals surface area contributed by atoms with E-state index in [-0.39, 0.29) is 0 Å². The Balaban J connectivity index is 2.97. The number of thioether (sulfide) groups is 1. The van der Waals surface area contributed by atoms with Crippen LogP contribution in [0.3, 0.4) is 0 Å². The van der Waals surface area contributed by atoms with E-state index in [4.69, 9.17) is 5.26 Å². The highest BCUT2D eigenvalue weighted by Gasteiger charge is 1.68. The molecule has 0 aliphatic carbocycles. The lowest BCUT2D eigenvalue weighted by molar-refractivity contribution is 1.45. The lowest BCUT2D eigenvalue weighted by Crippen LogP contribution is -1.63. The predicted molar refractivity (Wildman–Crippen MR) is 32.2 cm³/mol. The molecule has 0 heterocycles. The summed E-state index contributed by atoms with van der Waals surface area (Å²) >= 11 is 1.52. The third kappa shape index (κ3) is 5.51. The molecule has 0 N–H and O–H groups in total. The third-order valence-electron chi connectivity index (χ3n) is 0.352. The van der Waals surface area contributed by atoms with E-state index < -0.39 is 0 Å². The maximum absolute atomic E-state index is 7.83. The zero-order chi connectivity index (χ0) is 5.54. The van der Waals surface area contributed by atoms with Gasteiger partial charge in [-0.1, -0.05) is 6.92 Å². The summed E-state index contributed by atoms with van der Waals surface area (Å²) in [5, 5.41) is 7.83. The van der Waals surface area contributed by atoms with E-state index in [1.54, 1.807) is 11.7 Å². The van der Waals surface area contributed by atoms with Crippen LogP contribution in [0.4, 0.5) is 0 Å². The molecule has 0 aromatic heterocycles. The molecule has 0 amide bonds. The van der Waals surface area contributed by atoms with Crippen molar-refractivity contribution in [2.75, 3.05) is 5.75 Å². The summed E-state index contributed by atoms with van der Waals surface area (Å²) in [4.78, 5) is 3.31. The maximum Gasteiger partial charge on any atom is 0.206 e. The minimum Gasteiger partial charge on any atom is -0.175 e. The summed E-state index contributed by atoms with van der Waals surface area (Å²) in [5.74, 6) is 0.977. The fourth-order valence-corrected chi connectivity index (χ4v) is 0.406. The Morgan fingerprint density at radius 3 is 3.14 bits per heavy atom. The monoisotopic (exact) mass is 114 g/mol. The SMILES string of the molecule is CCSC=NC#N. The highest BCUT2D eigenvalue weighted by molar-refractivity contribution is 8.12. The average molecular weight is 114 g/mol. The van der Waals surface area contributed by atoms with Gasteiger partial charge in [0, 0.05) is 0 Å².